The number of carboxylic acid groups (broad SMARTS) is 1. The van der Waals surface area contributed by atoms with Gasteiger partial charge in [0.2, 0.25) is 0 Å². The molecule has 1 heterocycles. The second-order valence-electron chi connectivity index (χ2n) is 4.22. The van der Waals surface area contributed by atoms with Crippen LogP contribution in [0.3, 0.4) is 0 Å². The summed E-state index contributed by atoms with van der Waals surface area (Å²) in [5, 5.41) is 9.09. The van der Waals surface area contributed by atoms with Crippen LogP contribution in [0, 0.1) is 3.57 Å². The van der Waals surface area contributed by atoms with E-state index in [1.807, 2.05) is 6.07 Å². The minimum atomic E-state index is -0.958. The van der Waals surface area contributed by atoms with Crippen molar-refractivity contribution >= 4 is 28.6 Å². The zero-order valence-electron chi connectivity index (χ0n) is 9.89. The predicted octanol–water partition coefficient (Wildman–Crippen LogP) is 2.94. The van der Waals surface area contributed by atoms with Crippen molar-refractivity contribution in [3.63, 3.8) is 0 Å². The van der Waals surface area contributed by atoms with Crippen molar-refractivity contribution in [2.75, 3.05) is 13.2 Å². The van der Waals surface area contributed by atoms with E-state index >= 15 is 0 Å². The van der Waals surface area contributed by atoms with Gasteiger partial charge in [0.05, 0.1) is 12.7 Å². The molecule has 1 atom stereocenters. The molecule has 1 aromatic carbocycles. The van der Waals surface area contributed by atoms with E-state index in [9.17, 15) is 4.79 Å². The lowest BCUT2D eigenvalue weighted by Gasteiger charge is -2.12. The van der Waals surface area contributed by atoms with Crippen molar-refractivity contribution in [1.82, 2.24) is 0 Å². The molecule has 0 aliphatic carbocycles. The first-order valence-electron chi connectivity index (χ1n) is 5.94. The lowest BCUT2D eigenvalue weighted by atomic mass is 10.2. The average molecular weight is 362 g/mol. The summed E-state index contributed by atoms with van der Waals surface area (Å²) >= 11 is 2.09. The first kappa shape index (κ1) is 13.6. The van der Waals surface area contributed by atoms with Crippen molar-refractivity contribution in [3.8, 4) is 5.75 Å². The summed E-state index contributed by atoms with van der Waals surface area (Å²) in [5.74, 6) is -0.526. The Kier molecular flexibility index (Phi) is 4.82. The van der Waals surface area contributed by atoms with E-state index in [2.05, 4.69) is 22.6 Å². The van der Waals surface area contributed by atoms with Crippen molar-refractivity contribution in [2.24, 2.45) is 0 Å². The molecule has 0 spiro atoms. The number of halogens is 1. The molecule has 1 aromatic rings. The monoisotopic (exact) mass is 362 g/mol. The number of benzene rings is 1. The molecule has 0 radical (unpaired) electrons. The number of aromatic carboxylic acids is 1. The van der Waals surface area contributed by atoms with Gasteiger partial charge in [-0.05, 0) is 53.6 Å². The lowest BCUT2D eigenvalue weighted by Crippen LogP contribution is -2.12. The molecule has 5 heteroatoms. The molecule has 1 aliphatic heterocycles. The molecular formula is C13H15IO4. The van der Waals surface area contributed by atoms with E-state index in [-0.39, 0.29) is 11.7 Å². The van der Waals surface area contributed by atoms with Gasteiger partial charge in [0.15, 0.2) is 0 Å². The van der Waals surface area contributed by atoms with E-state index < -0.39 is 5.97 Å². The highest BCUT2D eigenvalue weighted by Crippen LogP contribution is 2.22. The van der Waals surface area contributed by atoms with E-state index in [4.69, 9.17) is 14.6 Å². The molecule has 0 bridgehead atoms. The van der Waals surface area contributed by atoms with Gasteiger partial charge in [-0.3, -0.25) is 0 Å². The van der Waals surface area contributed by atoms with Crippen molar-refractivity contribution in [3.05, 3.63) is 27.3 Å². The summed E-state index contributed by atoms with van der Waals surface area (Å²) in [6, 6.07) is 5.17. The molecule has 1 fully saturated rings. The highest BCUT2D eigenvalue weighted by molar-refractivity contribution is 14.1. The van der Waals surface area contributed by atoms with Crippen LogP contribution in [0.2, 0.25) is 0 Å². The van der Waals surface area contributed by atoms with Crippen LogP contribution < -0.4 is 4.74 Å². The highest BCUT2D eigenvalue weighted by atomic mass is 127. The maximum atomic E-state index is 11.1. The summed E-state index contributed by atoms with van der Waals surface area (Å²) in [7, 11) is 0. The first-order chi connectivity index (χ1) is 8.66. The maximum absolute atomic E-state index is 11.1. The van der Waals surface area contributed by atoms with Crippen LogP contribution in [0.4, 0.5) is 0 Å². The molecule has 2 rings (SSSR count). The zero-order chi connectivity index (χ0) is 13.0. The Morgan fingerprint density at radius 3 is 3.06 bits per heavy atom. The van der Waals surface area contributed by atoms with Gasteiger partial charge >= 0.3 is 5.97 Å². The standard InChI is InChI=1S/C13H15IO4/c14-9-3-4-12(11(8-9)13(15)16)18-7-5-10-2-1-6-17-10/h3-4,8,10H,1-2,5-7H2,(H,15,16). The van der Waals surface area contributed by atoms with Crippen LogP contribution in [0.1, 0.15) is 29.6 Å². The minimum Gasteiger partial charge on any atom is -0.493 e. The summed E-state index contributed by atoms with van der Waals surface area (Å²) in [5.41, 5.74) is 0.217. The number of hydrogen-bond acceptors (Lipinski definition) is 3. The number of rotatable bonds is 5. The largest absolute Gasteiger partial charge is 0.493 e. The Labute approximate surface area is 119 Å². The Bertz CT molecular complexity index is 427. The Hall–Kier alpha value is -0.820. The summed E-state index contributed by atoms with van der Waals surface area (Å²) in [6.07, 6.45) is 3.25. The highest BCUT2D eigenvalue weighted by Gasteiger charge is 2.16. The fourth-order valence-corrected chi connectivity index (χ4v) is 2.46. The van der Waals surface area contributed by atoms with Crippen molar-refractivity contribution in [1.29, 1.82) is 0 Å². The second kappa shape index (κ2) is 6.38. The minimum absolute atomic E-state index is 0.217. The Balaban J connectivity index is 1.93. The molecule has 1 saturated heterocycles. The van der Waals surface area contributed by atoms with Crippen LogP contribution in [0.25, 0.3) is 0 Å². The summed E-state index contributed by atoms with van der Waals surface area (Å²) in [6.45, 7) is 1.32. The van der Waals surface area contributed by atoms with Crippen LogP contribution in [0.5, 0.6) is 5.75 Å². The van der Waals surface area contributed by atoms with Crippen LogP contribution in [0.15, 0.2) is 18.2 Å². The van der Waals surface area contributed by atoms with Crippen LogP contribution in [-0.4, -0.2) is 30.4 Å². The normalized spacial score (nSPS) is 18.8. The number of hydrogen-bond donors (Lipinski definition) is 1. The van der Waals surface area contributed by atoms with Gasteiger partial charge in [0.1, 0.15) is 11.3 Å². The molecule has 0 aromatic heterocycles. The predicted molar refractivity (Wildman–Crippen MR) is 75.2 cm³/mol. The average Bonchev–Trinajstić information content (AvgIpc) is 2.84. The number of carboxylic acids is 1. The lowest BCUT2D eigenvalue weighted by molar-refractivity contribution is 0.0689. The van der Waals surface area contributed by atoms with E-state index in [0.717, 1.165) is 29.4 Å². The second-order valence-corrected chi connectivity index (χ2v) is 5.46. The molecule has 18 heavy (non-hydrogen) atoms. The van der Waals surface area contributed by atoms with Gasteiger partial charge in [-0.25, -0.2) is 4.79 Å². The van der Waals surface area contributed by atoms with Crippen LogP contribution in [-0.2, 0) is 4.74 Å². The SMILES string of the molecule is O=C(O)c1cc(I)ccc1OCCC1CCCO1. The third kappa shape index (κ3) is 3.58. The molecule has 0 amide bonds. The molecular weight excluding hydrogens is 347 g/mol. The number of carbonyl (C=O) groups is 1. The Morgan fingerprint density at radius 2 is 2.39 bits per heavy atom. The molecule has 98 valence electrons. The molecule has 1 unspecified atom stereocenters. The fraction of sp³-hybridized carbons (Fsp3) is 0.462. The molecule has 0 saturated carbocycles. The van der Waals surface area contributed by atoms with Gasteiger partial charge in [0.25, 0.3) is 0 Å². The third-order valence-electron chi connectivity index (χ3n) is 2.89. The maximum Gasteiger partial charge on any atom is 0.339 e. The first-order valence-corrected chi connectivity index (χ1v) is 7.02. The van der Waals surface area contributed by atoms with E-state index in [1.165, 1.54) is 0 Å². The smallest absolute Gasteiger partial charge is 0.339 e. The topological polar surface area (TPSA) is 55.8 Å². The third-order valence-corrected chi connectivity index (χ3v) is 3.56. The van der Waals surface area contributed by atoms with E-state index in [0.29, 0.717) is 12.4 Å². The molecule has 1 aliphatic rings. The van der Waals surface area contributed by atoms with Gasteiger partial charge < -0.3 is 14.6 Å². The van der Waals surface area contributed by atoms with Gasteiger partial charge in [-0.2, -0.15) is 0 Å². The zero-order valence-corrected chi connectivity index (χ0v) is 12.1. The van der Waals surface area contributed by atoms with Gasteiger partial charge in [-0.1, -0.05) is 0 Å². The molecule has 1 N–H and O–H groups in total. The van der Waals surface area contributed by atoms with Gasteiger partial charge in [0, 0.05) is 16.6 Å². The quantitative estimate of drug-likeness (QED) is 0.819. The fourth-order valence-electron chi connectivity index (χ4n) is 1.97. The number of ether oxygens (including phenoxy) is 2. The van der Waals surface area contributed by atoms with Crippen LogP contribution >= 0.6 is 22.6 Å². The van der Waals surface area contributed by atoms with E-state index in [1.54, 1.807) is 12.1 Å². The Morgan fingerprint density at radius 1 is 1.56 bits per heavy atom. The molecule has 4 nitrogen and oxygen atoms in total. The summed E-state index contributed by atoms with van der Waals surface area (Å²) in [4.78, 5) is 11.1. The summed E-state index contributed by atoms with van der Waals surface area (Å²) < 4.78 is 11.9. The van der Waals surface area contributed by atoms with Crippen molar-refractivity contribution in [2.45, 2.75) is 25.4 Å². The van der Waals surface area contributed by atoms with Gasteiger partial charge in [-0.15, -0.1) is 0 Å². The van der Waals surface area contributed by atoms with Crippen molar-refractivity contribution < 1.29 is 19.4 Å².